The average molecular weight is 429 g/mol. The molecule has 6 nitrogen and oxygen atoms in total. The summed E-state index contributed by atoms with van der Waals surface area (Å²) in [5, 5.41) is 13.2. The number of halogens is 2. The van der Waals surface area contributed by atoms with Gasteiger partial charge in [-0.2, -0.15) is 0 Å². The van der Waals surface area contributed by atoms with Crippen LogP contribution < -0.4 is 10.1 Å². The number of ether oxygens (including phenoxy) is 2. The molecule has 0 bridgehead atoms. The zero-order valence-electron chi connectivity index (χ0n) is 16.9. The number of amides is 1. The van der Waals surface area contributed by atoms with E-state index in [-0.39, 0.29) is 48.0 Å². The van der Waals surface area contributed by atoms with E-state index in [2.05, 4.69) is 10.3 Å². The minimum absolute atomic E-state index is 0.0379. The molecule has 1 saturated carbocycles. The number of hydrogen-bond acceptors (Lipinski definition) is 6. The number of hydrogen-bond donors (Lipinski definition) is 2. The molecule has 0 radical (unpaired) electrons. The molecule has 1 heterocycles. The molecule has 29 heavy (non-hydrogen) atoms. The van der Waals surface area contributed by atoms with E-state index < -0.39 is 17.1 Å². The van der Waals surface area contributed by atoms with Crippen LogP contribution in [0.1, 0.15) is 45.5 Å². The first-order chi connectivity index (χ1) is 13.5. The summed E-state index contributed by atoms with van der Waals surface area (Å²) in [5.41, 5.74) is -2.31. The van der Waals surface area contributed by atoms with Gasteiger partial charge in [-0.1, -0.05) is 0 Å². The van der Waals surface area contributed by atoms with Crippen molar-refractivity contribution in [3.8, 4) is 5.75 Å². The van der Waals surface area contributed by atoms with E-state index >= 15 is 0 Å². The predicted octanol–water partition coefficient (Wildman–Crippen LogP) is 3.45. The number of fused-ring (bicyclic) bond motifs is 1. The number of carbonyl (C=O) groups excluding carboxylic acids is 1. The first kappa shape index (κ1) is 21.9. The molecule has 1 aromatic heterocycles. The Morgan fingerprint density at radius 3 is 2.79 bits per heavy atom. The highest BCUT2D eigenvalue weighted by atomic mass is 32.1. The number of alkyl halides is 1. The van der Waals surface area contributed by atoms with E-state index in [0.29, 0.717) is 17.1 Å². The lowest BCUT2D eigenvalue weighted by Gasteiger charge is -2.41. The Morgan fingerprint density at radius 2 is 2.17 bits per heavy atom. The Balaban J connectivity index is 1.54. The minimum Gasteiger partial charge on any atom is -0.487 e. The fourth-order valence-corrected chi connectivity index (χ4v) is 4.18. The second-order valence-corrected chi connectivity index (χ2v) is 9.21. The number of benzene rings is 1. The molecular formula is C20H26F2N2O4S. The van der Waals surface area contributed by atoms with Gasteiger partial charge in [0.1, 0.15) is 22.9 Å². The summed E-state index contributed by atoms with van der Waals surface area (Å²) in [4.78, 5) is 15.2. The SMILES string of the molecule is CC(=O)N[C@@H](C)CO[C@H]1C[C@](F)(COc2ccc3nc(C(C)(C)O)sc3c2F)C1. The molecule has 0 saturated heterocycles. The minimum atomic E-state index is -1.57. The van der Waals surface area contributed by atoms with E-state index in [1.54, 1.807) is 19.9 Å². The van der Waals surface area contributed by atoms with Gasteiger partial charge < -0.3 is 19.9 Å². The molecule has 2 N–H and O–H groups in total. The van der Waals surface area contributed by atoms with Crippen LogP contribution in [-0.2, 0) is 15.1 Å². The zero-order valence-corrected chi connectivity index (χ0v) is 17.7. The van der Waals surface area contributed by atoms with Crippen LogP contribution in [0.3, 0.4) is 0 Å². The fraction of sp³-hybridized carbons (Fsp3) is 0.600. The largest absolute Gasteiger partial charge is 0.487 e. The standard InChI is InChI=1S/C20H26F2N2O4S/c1-11(23-12(2)25)9-27-13-7-20(22,8-13)10-28-15-6-5-14-17(16(15)21)29-18(24-14)19(3,4)26/h5-6,11,13,26H,7-10H2,1-4H3,(H,23,25)/t11-,13-,20+/m0/s1. The summed E-state index contributed by atoms with van der Waals surface area (Å²) in [6.45, 7) is 6.44. The molecule has 160 valence electrons. The maximum Gasteiger partial charge on any atom is 0.217 e. The summed E-state index contributed by atoms with van der Waals surface area (Å²) in [6.07, 6.45) is 0.0723. The van der Waals surface area contributed by atoms with Crippen LogP contribution in [0.2, 0.25) is 0 Å². The normalized spacial score (nSPS) is 22.9. The van der Waals surface area contributed by atoms with Crippen molar-refractivity contribution in [1.82, 2.24) is 10.3 Å². The van der Waals surface area contributed by atoms with Gasteiger partial charge in [0.15, 0.2) is 11.6 Å². The number of aromatic nitrogens is 1. The van der Waals surface area contributed by atoms with E-state index in [0.717, 1.165) is 11.3 Å². The highest BCUT2D eigenvalue weighted by Gasteiger charge is 2.46. The van der Waals surface area contributed by atoms with Crippen molar-refractivity contribution in [2.24, 2.45) is 0 Å². The predicted molar refractivity (Wildman–Crippen MR) is 106 cm³/mol. The lowest BCUT2D eigenvalue weighted by molar-refractivity contribution is -0.125. The van der Waals surface area contributed by atoms with Crippen LogP contribution in [0, 0.1) is 5.82 Å². The fourth-order valence-electron chi connectivity index (χ4n) is 3.18. The summed E-state index contributed by atoms with van der Waals surface area (Å²) in [6, 6.07) is 2.88. The molecule has 9 heteroatoms. The van der Waals surface area contributed by atoms with Crippen LogP contribution in [0.5, 0.6) is 5.75 Å². The second kappa shape index (κ2) is 8.12. The molecular weight excluding hydrogens is 402 g/mol. The maximum atomic E-state index is 14.7. The van der Waals surface area contributed by atoms with Crippen molar-refractivity contribution in [2.75, 3.05) is 13.2 Å². The number of nitrogens with one attached hydrogen (secondary N) is 1. The van der Waals surface area contributed by atoms with Crippen molar-refractivity contribution >= 4 is 27.5 Å². The highest BCUT2D eigenvalue weighted by Crippen LogP contribution is 2.40. The Kier molecular flexibility index (Phi) is 6.12. The molecule has 1 atom stereocenters. The summed E-state index contributed by atoms with van der Waals surface area (Å²) in [5.74, 6) is -0.781. The summed E-state index contributed by atoms with van der Waals surface area (Å²) < 4.78 is 40.8. The zero-order chi connectivity index (χ0) is 21.4. The number of carbonyl (C=O) groups is 1. The van der Waals surface area contributed by atoms with Gasteiger partial charge in [0, 0.05) is 25.8 Å². The number of aliphatic hydroxyl groups is 1. The Labute approximate surface area is 172 Å². The van der Waals surface area contributed by atoms with E-state index in [9.17, 15) is 18.7 Å². The summed E-state index contributed by atoms with van der Waals surface area (Å²) in [7, 11) is 0. The van der Waals surface area contributed by atoms with Gasteiger partial charge in [-0.25, -0.2) is 13.8 Å². The lowest BCUT2D eigenvalue weighted by Crippen LogP contribution is -2.50. The van der Waals surface area contributed by atoms with Gasteiger partial charge in [0.2, 0.25) is 5.91 Å². The van der Waals surface area contributed by atoms with E-state index in [4.69, 9.17) is 9.47 Å². The molecule has 1 aromatic carbocycles. The maximum absolute atomic E-state index is 14.7. The van der Waals surface area contributed by atoms with Crippen molar-refractivity contribution in [2.45, 2.75) is 64.0 Å². The number of thiazole rings is 1. The van der Waals surface area contributed by atoms with Gasteiger partial charge in [-0.05, 0) is 32.9 Å². The van der Waals surface area contributed by atoms with Gasteiger partial charge in [0.25, 0.3) is 0 Å². The van der Waals surface area contributed by atoms with Crippen LogP contribution in [0.25, 0.3) is 10.2 Å². The molecule has 0 unspecified atom stereocenters. The van der Waals surface area contributed by atoms with Gasteiger partial charge in [-0.3, -0.25) is 4.79 Å². The van der Waals surface area contributed by atoms with Gasteiger partial charge in [0.05, 0.1) is 22.9 Å². The Morgan fingerprint density at radius 1 is 1.48 bits per heavy atom. The van der Waals surface area contributed by atoms with Crippen LogP contribution >= 0.6 is 11.3 Å². The quantitative estimate of drug-likeness (QED) is 0.673. The van der Waals surface area contributed by atoms with Crippen molar-refractivity contribution in [3.05, 3.63) is 23.0 Å². The molecule has 1 fully saturated rings. The monoisotopic (exact) mass is 428 g/mol. The molecule has 1 amide bonds. The second-order valence-electron chi connectivity index (χ2n) is 8.21. The third-order valence-electron chi connectivity index (χ3n) is 4.69. The van der Waals surface area contributed by atoms with Crippen LogP contribution in [-0.4, -0.2) is 47.0 Å². The third-order valence-corrected chi connectivity index (χ3v) is 6.07. The number of nitrogens with zero attached hydrogens (tertiary/aromatic N) is 1. The van der Waals surface area contributed by atoms with Crippen molar-refractivity contribution in [1.29, 1.82) is 0 Å². The molecule has 3 rings (SSSR count). The third kappa shape index (κ3) is 5.21. The average Bonchev–Trinajstić information content (AvgIpc) is 3.02. The smallest absolute Gasteiger partial charge is 0.217 e. The molecule has 2 aromatic rings. The van der Waals surface area contributed by atoms with Gasteiger partial charge in [-0.15, -0.1) is 11.3 Å². The van der Waals surface area contributed by atoms with Gasteiger partial charge >= 0.3 is 0 Å². The molecule has 1 aliphatic rings. The van der Waals surface area contributed by atoms with Crippen LogP contribution in [0.4, 0.5) is 8.78 Å². The topological polar surface area (TPSA) is 80.7 Å². The van der Waals surface area contributed by atoms with E-state index in [1.807, 2.05) is 6.92 Å². The van der Waals surface area contributed by atoms with Crippen molar-refractivity contribution in [3.63, 3.8) is 0 Å². The number of rotatable bonds is 8. The first-order valence-electron chi connectivity index (χ1n) is 9.49. The molecule has 0 aliphatic heterocycles. The highest BCUT2D eigenvalue weighted by molar-refractivity contribution is 7.18. The summed E-state index contributed by atoms with van der Waals surface area (Å²) >= 11 is 1.05. The Bertz CT molecular complexity index is 890. The van der Waals surface area contributed by atoms with E-state index in [1.165, 1.54) is 13.0 Å². The first-order valence-corrected chi connectivity index (χ1v) is 10.3. The van der Waals surface area contributed by atoms with Crippen molar-refractivity contribution < 1.29 is 28.2 Å². The molecule has 0 spiro atoms. The lowest BCUT2D eigenvalue weighted by atomic mass is 9.79. The molecule has 1 aliphatic carbocycles. The Hall–Kier alpha value is -1.84. The van der Waals surface area contributed by atoms with Crippen LogP contribution in [0.15, 0.2) is 12.1 Å².